The van der Waals surface area contributed by atoms with Gasteiger partial charge in [-0.25, -0.2) is 9.50 Å². The van der Waals surface area contributed by atoms with Crippen molar-refractivity contribution in [1.82, 2.24) is 14.6 Å². The maximum absolute atomic E-state index is 5.77. The topological polar surface area (TPSA) is 77.5 Å². The number of hydrogen-bond donors (Lipinski definition) is 2. The zero-order chi connectivity index (χ0) is 14.7. The molecule has 0 aliphatic rings. The molecule has 6 heteroatoms. The van der Waals surface area contributed by atoms with Crippen LogP contribution in [0, 0.1) is 0 Å². The van der Waals surface area contributed by atoms with Crippen molar-refractivity contribution >= 4 is 17.2 Å². The number of hydrogen-bond acceptors (Lipinski definition) is 5. The lowest BCUT2D eigenvalue weighted by Gasteiger charge is -2.12. The lowest BCUT2D eigenvalue weighted by atomic mass is 10.1. The second-order valence-corrected chi connectivity index (χ2v) is 4.53. The summed E-state index contributed by atoms with van der Waals surface area (Å²) >= 11 is 0. The van der Waals surface area contributed by atoms with Gasteiger partial charge in [-0.2, -0.15) is 5.10 Å². The van der Waals surface area contributed by atoms with Gasteiger partial charge in [-0.15, -0.1) is 0 Å². The van der Waals surface area contributed by atoms with Crippen molar-refractivity contribution in [3.63, 3.8) is 0 Å². The first-order valence-electron chi connectivity index (χ1n) is 6.83. The summed E-state index contributed by atoms with van der Waals surface area (Å²) in [6.45, 7) is 3.01. The fourth-order valence-electron chi connectivity index (χ4n) is 2.14. The third kappa shape index (κ3) is 2.80. The highest BCUT2D eigenvalue weighted by Gasteiger charge is 2.05. The van der Waals surface area contributed by atoms with E-state index in [1.54, 1.807) is 10.7 Å². The van der Waals surface area contributed by atoms with Gasteiger partial charge in [0.05, 0.1) is 12.8 Å². The van der Waals surface area contributed by atoms with Crippen LogP contribution in [0.15, 0.2) is 42.7 Å². The standard InChI is InChI=1S/C15H17N5O/c1-2-21-13-4-3-12(9-11(13)10-16)18-14-6-8-20-15(19-14)5-7-17-20/h3-9H,2,10,16H2,1H3,(H,18,19). The molecule has 0 saturated carbocycles. The highest BCUT2D eigenvalue weighted by Crippen LogP contribution is 2.24. The minimum atomic E-state index is 0.430. The molecule has 0 bridgehead atoms. The van der Waals surface area contributed by atoms with Gasteiger partial charge in [-0.3, -0.25) is 0 Å². The number of anilines is 2. The van der Waals surface area contributed by atoms with Crippen molar-refractivity contribution in [3.8, 4) is 5.75 Å². The summed E-state index contributed by atoms with van der Waals surface area (Å²) in [5.41, 5.74) is 8.46. The number of nitrogens with two attached hydrogens (primary N) is 1. The van der Waals surface area contributed by atoms with Crippen molar-refractivity contribution in [3.05, 3.63) is 48.3 Å². The number of fused-ring (bicyclic) bond motifs is 1. The molecule has 0 radical (unpaired) electrons. The van der Waals surface area contributed by atoms with E-state index in [9.17, 15) is 0 Å². The first kappa shape index (κ1) is 13.4. The Kier molecular flexibility index (Phi) is 3.70. The van der Waals surface area contributed by atoms with Gasteiger partial charge in [-0.05, 0) is 31.2 Å². The van der Waals surface area contributed by atoms with Gasteiger partial charge in [-0.1, -0.05) is 0 Å². The fraction of sp³-hybridized carbons (Fsp3) is 0.200. The average Bonchev–Trinajstić information content (AvgIpc) is 2.96. The largest absolute Gasteiger partial charge is 0.494 e. The number of benzene rings is 1. The van der Waals surface area contributed by atoms with Crippen LogP contribution in [0.3, 0.4) is 0 Å². The summed E-state index contributed by atoms with van der Waals surface area (Å²) in [5.74, 6) is 1.58. The monoisotopic (exact) mass is 283 g/mol. The smallest absolute Gasteiger partial charge is 0.157 e. The van der Waals surface area contributed by atoms with Crippen LogP contribution >= 0.6 is 0 Å². The van der Waals surface area contributed by atoms with E-state index < -0.39 is 0 Å². The molecule has 1 aromatic carbocycles. The zero-order valence-corrected chi connectivity index (χ0v) is 11.8. The van der Waals surface area contributed by atoms with Crippen molar-refractivity contribution in [1.29, 1.82) is 0 Å². The van der Waals surface area contributed by atoms with Crippen LogP contribution in [0.2, 0.25) is 0 Å². The highest BCUT2D eigenvalue weighted by atomic mass is 16.5. The minimum Gasteiger partial charge on any atom is -0.494 e. The van der Waals surface area contributed by atoms with Crippen LogP contribution in [0.1, 0.15) is 12.5 Å². The van der Waals surface area contributed by atoms with Crippen molar-refractivity contribution in [2.45, 2.75) is 13.5 Å². The van der Waals surface area contributed by atoms with Gasteiger partial charge in [0.2, 0.25) is 0 Å². The van der Waals surface area contributed by atoms with Crippen molar-refractivity contribution < 1.29 is 4.74 Å². The molecule has 0 atom stereocenters. The van der Waals surface area contributed by atoms with Gasteiger partial charge in [0.15, 0.2) is 5.65 Å². The summed E-state index contributed by atoms with van der Waals surface area (Å²) in [4.78, 5) is 4.47. The summed E-state index contributed by atoms with van der Waals surface area (Å²) in [6.07, 6.45) is 3.58. The van der Waals surface area contributed by atoms with E-state index in [0.717, 1.165) is 28.5 Å². The molecule has 0 spiro atoms. The lowest BCUT2D eigenvalue weighted by Crippen LogP contribution is -2.03. The first-order chi connectivity index (χ1) is 10.3. The van der Waals surface area contributed by atoms with Crippen LogP contribution in [-0.2, 0) is 6.54 Å². The minimum absolute atomic E-state index is 0.430. The summed E-state index contributed by atoms with van der Waals surface area (Å²) in [6, 6.07) is 9.58. The number of nitrogens with zero attached hydrogens (tertiary/aromatic N) is 3. The summed E-state index contributed by atoms with van der Waals surface area (Å²) < 4.78 is 7.26. The molecule has 0 aliphatic carbocycles. The van der Waals surface area contributed by atoms with Crippen LogP contribution in [0.4, 0.5) is 11.5 Å². The van der Waals surface area contributed by atoms with Crippen LogP contribution in [0.5, 0.6) is 5.75 Å². The molecule has 3 aromatic rings. The Morgan fingerprint density at radius 2 is 2.19 bits per heavy atom. The van der Waals surface area contributed by atoms with E-state index in [1.165, 1.54) is 0 Å². The van der Waals surface area contributed by atoms with Gasteiger partial charge in [0, 0.05) is 30.1 Å². The number of aromatic nitrogens is 3. The van der Waals surface area contributed by atoms with E-state index in [-0.39, 0.29) is 0 Å². The molecule has 0 amide bonds. The Bertz CT molecular complexity index is 753. The molecule has 0 aliphatic heterocycles. The van der Waals surface area contributed by atoms with Crippen LogP contribution < -0.4 is 15.8 Å². The number of nitrogens with one attached hydrogen (secondary N) is 1. The Morgan fingerprint density at radius 3 is 3.00 bits per heavy atom. The SMILES string of the molecule is CCOc1ccc(Nc2ccn3nccc3n2)cc1CN. The highest BCUT2D eigenvalue weighted by molar-refractivity contribution is 5.60. The van der Waals surface area contributed by atoms with Crippen molar-refractivity contribution in [2.75, 3.05) is 11.9 Å². The van der Waals surface area contributed by atoms with Gasteiger partial charge in [0.1, 0.15) is 11.6 Å². The third-order valence-electron chi connectivity index (χ3n) is 3.11. The van der Waals surface area contributed by atoms with E-state index in [2.05, 4.69) is 15.4 Å². The number of rotatable bonds is 5. The average molecular weight is 283 g/mol. The van der Waals surface area contributed by atoms with Crippen LogP contribution in [-0.4, -0.2) is 21.2 Å². The second-order valence-electron chi connectivity index (χ2n) is 4.53. The molecule has 2 heterocycles. The molecule has 3 rings (SSSR count). The van der Waals surface area contributed by atoms with E-state index >= 15 is 0 Å². The second kappa shape index (κ2) is 5.80. The Balaban J connectivity index is 1.86. The molecule has 0 saturated heterocycles. The predicted octanol–water partition coefficient (Wildman–Crippen LogP) is 2.33. The molecule has 0 fully saturated rings. The quantitative estimate of drug-likeness (QED) is 0.751. The Labute approximate surface area is 122 Å². The van der Waals surface area contributed by atoms with E-state index in [4.69, 9.17) is 10.5 Å². The number of ether oxygens (including phenoxy) is 1. The van der Waals surface area contributed by atoms with Gasteiger partial charge >= 0.3 is 0 Å². The Morgan fingerprint density at radius 1 is 1.29 bits per heavy atom. The molecular formula is C15H17N5O. The maximum atomic E-state index is 5.77. The van der Waals surface area contributed by atoms with Crippen molar-refractivity contribution in [2.24, 2.45) is 5.73 Å². The summed E-state index contributed by atoms with van der Waals surface area (Å²) in [5, 5.41) is 7.39. The molecule has 108 valence electrons. The maximum Gasteiger partial charge on any atom is 0.157 e. The zero-order valence-electron chi connectivity index (χ0n) is 11.8. The summed E-state index contributed by atoms with van der Waals surface area (Å²) in [7, 11) is 0. The molecule has 2 aromatic heterocycles. The third-order valence-corrected chi connectivity index (χ3v) is 3.11. The van der Waals surface area contributed by atoms with Crippen LogP contribution in [0.25, 0.3) is 5.65 Å². The van der Waals surface area contributed by atoms with Gasteiger partial charge in [0.25, 0.3) is 0 Å². The molecule has 3 N–H and O–H groups in total. The molecule has 6 nitrogen and oxygen atoms in total. The van der Waals surface area contributed by atoms with Gasteiger partial charge < -0.3 is 15.8 Å². The lowest BCUT2D eigenvalue weighted by molar-refractivity contribution is 0.336. The molecule has 0 unspecified atom stereocenters. The van der Waals surface area contributed by atoms with E-state index in [0.29, 0.717) is 13.2 Å². The first-order valence-corrected chi connectivity index (χ1v) is 6.83. The normalized spacial score (nSPS) is 10.8. The molecule has 21 heavy (non-hydrogen) atoms. The van der Waals surface area contributed by atoms with E-state index in [1.807, 2.05) is 43.5 Å². The Hall–Kier alpha value is -2.60. The predicted molar refractivity (Wildman–Crippen MR) is 81.8 cm³/mol. The fourth-order valence-corrected chi connectivity index (χ4v) is 2.14. The molecular weight excluding hydrogens is 266 g/mol.